The summed E-state index contributed by atoms with van der Waals surface area (Å²) in [6, 6.07) is 10.2. The first kappa shape index (κ1) is 26.2. The zero-order chi connectivity index (χ0) is 25.6. The van der Waals surface area contributed by atoms with E-state index < -0.39 is 12.1 Å². The van der Waals surface area contributed by atoms with E-state index in [2.05, 4.69) is 5.32 Å². The number of carbonyl (C=O) groups is 2. The second-order valence-corrected chi connectivity index (χ2v) is 8.02. The Morgan fingerprint density at radius 3 is 2.40 bits per heavy atom. The lowest BCUT2D eigenvalue weighted by Crippen LogP contribution is -2.52. The second-order valence-electron chi connectivity index (χ2n) is 7.61. The Balaban J connectivity index is 1.59. The second kappa shape index (κ2) is 11.4. The van der Waals surface area contributed by atoms with Gasteiger partial charge in [-0.15, -0.1) is 0 Å². The Kier molecular flexibility index (Phi) is 8.50. The molecule has 1 aliphatic heterocycles. The van der Waals surface area contributed by atoms with Crippen LogP contribution >= 0.6 is 11.6 Å². The minimum Gasteiger partial charge on any atom is -0.493 e. The van der Waals surface area contributed by atoms with Crippen molar-refractivity contribution in [2.75, 3.05) is 50.1 Å². The van der Waals surface area contributed by atoms with E-state index in [0.717, 1.165) is 10.5 Å². The highest BCUT2D eigenvalue weighted by molar-refractivity contribution is 6.33. The highest BCUT2D eigenvalue weighted by Gasteiger charge is 2.43. The summed E-state index contributed by atoms with van der Waals surface area (Å²) in [5, 5.41) is 3.05. The standard InChI is InChI=1S/C24H25ClF3N3O4/c1-3-35-20-8-4-16(14-21(20)34-2)5-9-22(32)29-17-6-7-19(18(25)15-17)30-10-12-31(13-11-30)23(33)24(26,27)28/h4-9,14-15H,3,10-13H2,1-2H3,(H,29,32)/b9-5+. The summed E-state index contributed by atoms with van der Waals surface area (Å²) >= 11 is 6.37. The van der Waals surface area contributed by atoms with Crippen LogP contribution in [0.3, 0.4) is 0 Å². The van der Waals surface area contributed by atoms with Gasteiger partial charge in [0.2, 0.25) is 5.91 Å². The molecule has 35 heavy (non-hydrogen) atoms. The lowest BCUT2D eigenvalue weighted by molar-refractivity contribution is -0.185. The number of anilines is 2. The summed E-state index contributed by atoms with van der Waals surface area (Å²) < 4.78 is 48.6. The van der Waals surface area contributed by atoms with Crippen LogP contribution in [0.15, 0.2) is 42.5 Å². The average molecular weight is 512 g/mol. The molecule has 1 saturated heterocycles. The summed E-state index contributed by atoms with van der Waals surface area (Å²) in [7, 11) is 1.54. The van der Waals surface area contributed by atoms with Crippen molar-refractivity contribution in [2.24, 2.45) is 0 Å². The van der Waals surface area contributed by atoms with Gasteiger partial charge in [-0.25, -0.2) is 0 Å². The smallest absolute Gasteiger partial charge is 0.471 e. The minimum absolute atomic E-state index is 0.0612. The van der Waals surface area contributed by atoms with E-state index in [1.807, 2.05) is 6.92 Å². The van der Waals surface area contributed by atoms with E-state index in [1.165, 1.54) is 13.2 Å². The molecule has 188 valence electrons. The van der Waals surface area contributed by atoms with Gasteiger partial charge in [-0.2, -0.15) is 13.2 Å². The topological polar surface area (TPSA) is 71.1 Å². The van der Waals surface area contributed by atoms with Crippen LogP contribution in [0.5, 0.6) is 11.5 Å². The van der Waals surface area contributed by atoms with Gasteiger partial charge < -0.3 is 24.6 Å². The lowest BCUT2D eigenvalue weighted by atomic mass is 10.2. The number of hydrogen-bond acceptors (Lipinski definition) is 5. The predicted octanol–water partition coefficient (Wildman–Crippen LogP) is 4.61. The molecule has 1 heterocycles. The summed E-state index contributed by atoms with van der Waals surface area (Å²) in [6.07, 6.45) is -1.88. The number of methoxy groups -OCH3 is 1. The van der Waals surface area contributed by atoms with E-state index >= 15 is 0 Å². The van der Waals surface area contributed by atoms with Crippen molar-refractivity contribution in [3.8, 4) is 11.5 Å². The summed E-state index contributed by atoms with van der Waals surface area (Å²) in [5.74, 6) is -1.04. The number of halogens is 4. The van der Waals surface area contributed by atoms with Gasteiger partial charge in [-0.1, -0.05) is 17.7 Å². The first-order chi connectivity index (χ1) is 16.6. The van der Waals surface area contributed by atoms with Crippen molar-refractivity contribution in [3.05, 3.63) is 53.1 Å². The highest BCUT2D eigenvalue weighted by atomic mass is 35.5. The van der Waals surface area contributed by atoms with Crippen LogP contribution in [0.2, 0.25) is 5.02 Å². The Morgan fingerprint density at radius 2 is 1.80 bits per heavy atom. The molecule has 0 bridgehead atoms. The van der Waals surface area contributed by atoms with Gasteiger partial charge in [0.05, 0.1) is 24.4 Å². The minimum atomic E-state index is -4.88. The molecule has 1 aliphatic rings. The Hall–Kier alpha value is -3.40. The zero-order valence-corrected chi connectivity index (χ0v) is 19.9. The maximum absolute atomic E-state index is 12.6. The van der Waals surface area contributed by atoms with Gasteiger partial charge in [0, 0.05) is 37.9 Å². The molecule has 0 saturated carbocycles. The van der Waals surface area contributed by atoms with Crippen molar-refractivity contribution in [1.29, 1.82) is 0 Å². The Labute approximate surface area is 206 Å². The van der Waals surface area contributed by atoms with Crippen LogP contribution in [0.4, 0.5) is 24.5 Å². The molecule has 11 heteroatoms. The SMILES string of the molecule is CCOc1ccc(/C=C/C(=O)Nc2ccc(N3CCN(C(=O)C(F)(F)F)CC3)c(Cl)c2)cc1OC. The molecular weight excluding hydrogens is 487 g/mol. The molecule has 0 aliphatic carbocycles. The van der Waals surface area contributed by atoms with Crippen molar-refractivity contribution in [1.82, 2.24) is 4.90 Å². The maximum Gasteiger partial charge on any atom is 0.471 e. The highest BCUT2D eigenvalue weighted by Crippen LogP contribution is 2.31. The molecule has 3 rings (SSSR count). The number of hydrogen-bond donors (Lipinski definition) is 1. The predicted molar refractivity (Wildman–Crippen MR) is 128 cm³/mol. The Bertz CT molecular complexity index is 1100. The average Bonchev–Trinajstić information content (AvgIpc) is 2.83. The normalized spacial score (nSPS) is 14.2. The van der Waals surface area contributed by atoms with E-state index in [-0.39, 0.29) is 32.1 Å². The third-order valence-corrected chi connectivity index (χ3v) is 5.58. The molecule has 7 nitrogen and oxygen atoms in total. The van der Waals surface area contributed by atoms with Gasteiger partial charge in [0.15, 0.2) is 11.5 Å². The maximum atomic E-state index is 12.6. The van der Waals surface area contributed by atoms with Crippen LogP contribution in [0.1, 0.15) is 12.5 Å². The molecule has 0 radical (unpaired) electrons. The number of nitrogens with zero attached hydrogens (tertiary/aromatic N) is 2. The molecule has 0 aromatic heterocycles. The Morgan fingerprint density at radius 1 is 1.09 bits per heavy atom. The summed E-state index contributed by atoms with van der Waals surface area (Å²) in [4.78, 5) is 26.3. The third kappa shape index (κ3) is 6.82. The number of ether oxygens (including phenoxy) is 2. The number of benzene rings is 2. The van der Waals surface area contributed by atoms with Crippen LogP contribution in [-0.2, 0) is 9.59 Å². The molecule has 0 unspecified atom stereocenters. The number of carbonyl (C=O) groups excluding carboxylic acids is 2. The zero-order valence-electron chi connectivity index (χ0n) is 19.2. The number of alkyl halides is 3. The lowest BCUT2D eigenvalue weighted by Gasteiger charge is -2.36. The first-order valence-electron chi connectivity index (χ1n) is 10.8. The van der Waals surface area contributed by atoms with E-state index in [9.17, 15) is 22.8 Å². The number of amides is 2. The largest absolute Gasteiger partial charge is 0.493 e. The molecule has 0 atom stereocenters. The molecule has 1 N–H and O–H groups in total. The molecule has 0 spiro atoms. The first-order valence-corrected chi connectivity index (χ1v) is 11.2. The fourth-order valence-electron chi connectivity index (χ4n) is 3.59. The van der Waals surface area contributed by atoms with Gasteiger partial charge in [-0.05, 0) is 48.9 Å². The molecule has 2 amide bonds. The van der Waals surface area contributed by atoms with Gasteiger partial charge in [-0.3, -0.25) is 9.59 Å². The van der Waals surface area contributed by atoms with Gasteiger partial charge >= 0.3 is 12.1 Å². The fraction of sp³-hybridized carbons (Fsp3) is 0.333. The van der Waals surface area contributed by atoms with Crippen molar-refractivity contribution in [2.45, 2.75) is 13.1 Å². The molecular formula is C24H25ClF3N3O4. The van der Waals surface area contributed by atoms with Crippen LogP contribution in [0.25, 0.3) is 6.08 Å². The van der Waals surface area contributed by atoms with Crippen LogP contribution < -0.4 is 19.7 Å². The summed E-state index contributed by atoms with van der Waals surface area (Å²) in [5.41, 5.74) is 1.82. The fourth-order valence-corrected chi connectivity index (χ4v) is 3.89. The summed E-state index contributed by atoms with van der Waals surface area (Å²) in [6.45, 7) is 2.67. The van der Waals surface area contributed by atoms with Crippen LogP contribution in [0, 0.1) is 0 Å². The van der Waals surface area contributed by atoms with Crippen molar-refractivity contribution < 1.29 is 32.2 Å². The quantitative estimate of drug-likeness (QED) is 0.550. The monoisotopic (exact) mass is 511 g/mol. The number of nitrogens with one attached hydrogen (secondary N) is 1. The molecule has 2 aromatic rings. The van der Waals surface area contributed by atoms with Crippen LogP contribution in [-0.4, -0.2) is 62.8 Å². The van der Waals surface area contributed by atoms with E-state index in [4.69, 9.17) is 21.1 Å². The van der Waals surface area contributed by atoms with Crippen molar-refractivity contribution >= 4 is 40.9 Å². The van der Waals surface area contributed by atoms with E-state index in [0.29, 0.717) is 34.5 Å². The number of rotatable bonds is 7. The van der Waals surface area contributed by atoms with E-state index in [1.54, 1.807) is 47.4 Å². The van der Waals surface area contributed by atoms with Crippen molar-refractivity contribution in [3.63, 3.8) is 0 Å². The molecule has 2 aromatic carbocycles. The number of piperazine rings is 1. The third-order valence-electron chi connectivity index (χ3n) is 5.28. The van der Waals surface area contributed by atoms with Gasteiger partial charge in [0.1, 0.15) is 0 Å². The molecule has 1 fully saturated rings. The van der Waals surface area contributed by atoms with Gasteiger partial charge in [0.25, 0.3) is 0 Å².